The maximum atomic E-state index is 4.79. The molecule has 0 N–H and O–H groups in total. The highest BCUT2D eigenvalue weighted by molar-refractivity contribution is 5.84. The minimum Gasteiger partial charge on any atom is -0.256 e. The summed E-state index contributed by atoms with van der Waals surface area (Å²) in [7, 11) is 2.09. The number of allylic oxidation sites excluding steroid dienone is 1. The first-order chi connectivity index (χ1) is 13.4. The van der Waals surface area contributed by atoms with Crippen LogP contribution in [0.4, 0.5) is 0 Å². The van der Waals surface area contributed by atoms with Crippen LogP contribution in [0.25, 0.3) is 16.8 Å². The maximum Gasteiger partial charge on any atom is 0.287 e. The summed E-state index contributed by atoms with van der Waals surface area (Å²) >= 11 is 0. The summed E-state index contributed by atoms with van der Waals surface area (Å²) in [5, 5.41) is 0. The predicted octanol–water partition coefficient (Wildman–Crippen LogP) is 5.00. The van der Waals surface area contributed by atoms with E-state index in [1.807, 2.05) is 12.5 Å². The highest BCUT2D eigenvalue weighted by Crippen LogP contribution is 2.36. The van der Waals surface area contributed by atoms with E-state index in [1.165, 1.54) is 39.1 Å². The average molecular weight is 371 g/mol. The molecule has 0 radical (unpaired) electrons. The molecule has 0 amide bonds. The molecule has 142 valence electrons. The highest BCUT2D eigenvalue weighted by atomic mass is 15.0. The number of nitrogens with zero attached hydrogens (tertiary/aromatic N) is 3. The molecule has 1 aromatic carbocycles. The van der Waals surface area contributed by atoms with Gasteiger partial charge in [0.05, 0.1) is 18.3 Å². The monoisotopic (exact) mass is 370 g/mol. The van der Waals surface area contributed by atoms with Gasteiger partial charge in [0, 0.05) is 23.8 Å². The van der Waals surface area contributed by atoms with Crippen LogP contribution in [0.15, 0.2) is 42.9 Å². The summed E-state index contributed by atoms with van der Waals surface area (Å²) in [6.45, 7) is 11.0. The standard InChI is InChI=1S/C25H28N3/c1-15(2)19-7-10-23(26-13-19)20-8-9-21-24(20)27-14-28(6)25(21)22-12-16(3)11-17(4)18(22)5/h7-8,10-15H,9H2,1-6H3/q+1. The van der Waals surface area contributed by atoms with Gasteiger partial charge in [-0.25, -0.2) is 4.57 Å². The Labute approximate surface area is 167 Å². The molecule has 0 spiro atoms. The summed E-state index contributed by atoms with van der Waals surface area (Å²) in [6, 6.07) is 8.87. The van der Waals surface area contributed by atoms with Crippen LogP contribution < -0.4 is 4.57 Å². The minimum absolute atomic E-state index is 0.489. The molecule has 1 aliphatic carbocycles. The largest absolute Gasteiger partial charge is 0.287 e. The van der Waals surface area contributed by atoms with Gasteiger partial charge in [-0.3, -0.25) is 4.98 Å². The van der Waals surface area contributed by atoms with Crippen molar-refractivity contribution in [2.75, 3.05) is 0 Å². The Morgan fingerprint density at radius 1 is 1.04 bits per heavy atom. The average Bonchev–Trinajstić information content (AvgIpc) is 3.09. The zero-order chi connectivity index (χ0) is 20.0. The van der Waals surface area contributed by atoms with Crippen LogP contribution in [0.3, 0.4) is 0 Å². The first kappa shape index (κ1) is 18.5. The Hall–Kier alpha value is -2.81. The fourth-order valence-electron chi connectivity index (χ4n) is 4.10. The molecule has 3 heteroatoms. The fourth-order valence-corrected chi connectivity index (χ4v) is 4.10. The molecule has 0 bridgehead atoms. The van der Waals surface area contributed by atoms with E-state index in [4.69, 9.17) is 9.97 Å². The SMILES string of the molecule is Cc1cc(C)c(C)c(-c2c3c(nc[n+]2C)C(c2ccc(C(C)C)cn2)=CC3)c1. The molecular formula is C25H28N3+. The molecule has 28 heavy (non-hydrogen) atoms. The second-order valence-electron chi connectivity index (χ2n) is 8.24. The lowest BCUT2D eigenvalue weighted by atomic mass is 9.94. The number of benzene rings is 1. The van der Waals surface area contributed by atoms with E-state index in [9.17, 15) is 0 Å². The zero-order valence-electron chi connectivity index (χ0n) is 17.7. The summed E-state index contributed by atoms with van der Waals surface area (Å²) in [4.78, 5) is 9.53. The van der Waals surface area contributed by atoms with Gasteiger partial charge in [-0.15, -0.1) is 0 Å². The van der Waals surface area contributed by atoms with E-state index < -0.39 is 0 Å². The van der Waals surface area contributed by atoms with Crippen molar-refractivity contribution in [3.63, 3.8) is 0 Å². The van der Waals surface area contributed by atoms with Gasteiger partial charge in [0.2, 0.25) is 0 Å². The van der Waals surface area contributed by atoms with E-state index in [-0.39, 0.29) is 0 Å². The van der Waals surface area contributed by atoms with Crippen LogP contribution >= 0.6 is 0 Å². The molecule has 0 saturated carbocycles. The van der Waals surface area contributed by atoms with Crippen molar-refractivity contribution in [3.8, 4) is 11.3 Å². The smallest absolute Gasteiger partial charge is 0.256 e. The lowest BCUT2D eigenvalue weighted by Crippen LogP contribution is -2.33. The Bertz CT molecular complexity index is 1090. The Morgan fingerprint density at radius 2 is 1.82 bits per heavy atom. The summed E-state index contributed by atoms with van der Waals surface area (Å²) in [6.07, 6.45) is 7.10. The van der Waals surface area contributed by atoms with Crippen LogP contribution in [0.2, 0.25) is 0 Å². The molecule has 2 heterocycles. The summed E-state index contributed by atoms with van der Waals surface area (Å²) in [5.41, 5.74) is 12.3. The third-order valence-electron chi connectivity index (χ3n) is 5.85. The van der Waals surface area contributed by atoms with Crippen LogP contribution in [0.1, 0.15) is 59.0 Å². The maximum absolute atomic E-state index is 4.79. The lowest BCUT2D eigenvalue weighted by Gasteiger charge is -2.13. The van der Waals surface area contributed by atoms with Gasteiger partial charge in [0.15, 0.2) is 5.69 Å². The number of aromatic nitrogens is 3. The molecule has 2 aromatic heterocycles. The molecule has 0 unspecified atom stereocenters. The Morgan fingerprint density at radius 3 is 2.50 bits per heavy atom. The van der Waals surface area contributed by atoms with Gasteiger partial charge in [0.1, 0.15) is 5.69 Å². The summed E-state index contributed by atoms with van der Waals surface area (Å²) < 4.78 is 2.16. The van der Waals surface area contributed by atoms with Gasteiger partial charge in [0.25, 0.3) is 6.33 Å². The second-order valence-corrected chi connectivity index (χ2v) is 8.24. The molecule has 0 saturated heterocycles. The van der Waals surface area contributed by atoms with Gasteiger partial charge >= 0.3 is 0 Å². The lowest BCUT2D eigenvalue weighted by molar-refractivity contribution is -0.663. The van der Waals surface area contributed by atoms with Crippen molar-refractivity contribution < 1.29 is 4.57 Å². The number of pyridine rings is 1. The molecule has 1 aliphatic rings. The van der Waals surface area contributed by atoms with E-state index in [0.29, 0.717) is 5.92 Å². The van der Waals surface area contributed by atoms with Crippen LogP contribution in [0, 0.1) is 20.8 Å². The topological polar surface area (TPSA) is 29.7 Å². The number of fused-ring (bicyclic) bond motifs is 1. The Kier molecular flexibility index (Phi) is 4.62. The van der Waals surface area contributed by atoms with Gasteiger partial charge in [-0.1, -0.05) is 37.6 Å². The van der Waals surface area contributed by atoms with Crippen molar-refractivity contribution >= 4 is 5.57 Å². The van der Waals surface area contributed by atoms with Crippen molar-refractivity contribution in [1.29, 1.82) is 0 Å². The molecule has 4 rings (SSSR count). The minimum atomic E-state index is 0.489. The van der Waals surface area contributed by atoms with Crippen LogP contribution in [0.5, 0.6) is 0 Å². The normalized spacial score (nSPS) is 13.0. The van der Waals surface area contributed by atoms with Gasteiger partial charge in [-0.2, -0.15) is 0 Å². The molecular weight excluding hydrogens is 342 g/mol. The van der Waals surface area contributed by atoms with Crippen molar-refractivity contribution in [2.24, 2.45) is 7.05 Å². The highest BCUT2D eigenvalue weighted by Gasteiger charge is 2.29. The molecule has 3 nitrogen and oxygen atoms in total. The number of hydrogen-bond acceptors (Lipinski definition) is 2. The van der Waals surface area contributed by atoms with E-state index in [0.717, 1.165) is 23.4 Å². The number of rotatable bonds is 3. The van der Waals surface area contributed by atoms with Crippen molar-refractivity contribution in [2.45, 2.75) is 47.0 Å². The molecule has 3 aromatic rings. The van der Waals surface area contributed by atoms with Crippen LogP contribution in [-0.2, 0) is 13.5 Å². The van der Waals surface area contributed by atoms with E-state index >= 15 is 0 Å². The predicted molar refractivity (Wildman–Crippen MR) is 114 cm³/mol. The molecule has 0 atom stereocenters. The Balaban J connectivity index is 1.84. The zero-order valence-corrected chi connectivity index (χ0v) is 17.7. The number of aryl methyl sites for hydroxylation is 3. The first-order valence-electron chi connectivity index (χ1n) is 9.99. The van der Waals surface area contributed by atoms with E-state index in [1.54, 1.807) is 0 Å². The van der Waals surface area contributed by atoms with E-state index in [2.05, 4.69) is 76.6 Å². The van der Waals surface area contributed by atoms with Gasteiger partial charge in [-0.05, 0) is 60.5 Å². The molecule has 0 aliphatic heterocycles. The van der Waals surface area contributed by atoms with Crippen molar-refractivity contribution in [1.82, 2.24) is 9.97 Å². The third kappa shape index (κ3) is 3.05. The fraction of sp³-hybridized carbons (Fsp3) is 0.320. The second kappa shape index (κ2) is 6.97. The third-order valence-corrected chi connectivity index (χ3v) is 5.85. The summed E-state index contributed by atoms with van der Waals surface area (Å²) in [5.74, 6) is 0.489. The van der Waals surface area contributed by atoms with Crippen LogP contribution in [-0.4, -0.2) is 9.97 Å². The quantitative estimate of drug-likeness (QED) is 0.607. The first-order valence-corrected chi connectivity index (χ1v) is 9.99. The molecule has 0 fully saturated rings. The van der Waals surface area contributed by atoms with Crippen molar-refractivity contribution in [3.05, 3.63) is 82.1 Å². The van der Waals surface area contributed by atoms with Gasteiger partial charge < -0.3 is 0 Å². The number of hydrogen-bond donors (Lipinski definition) is 0.